The molecule has 0 spiro atoms. The molecule has 0 aromatic heterocycles. The largest absolute Gasteiger partial charge is 0.289 e. The first-order valence-corrected chi connectivity index (χ1v) is 13.2. The Morgan fingerprint density at radius 2 is 1.96 bits per heavy atom. The van der Waals surface area contributed by atoms with Gasteiger partial charge in [0.25, 0.3) is 5.69 Å². The fourth-order valence-electron chi connectivity index (χ4n) is 3.09. The van der Waals surface area contributed by atoms with E-state index >= 15 is 0 Å². The lowest BCUT2D eigenvalue weighted by molar-refractivity contribution is -0.387. The van der Waals surface area contributed by atoms with Crippen LogP contribution in [0.5, 0.6) is 0 Å². The third-order valence-electron chi connectivity index (χ3n) is 4.05. The topological polar surface area (TPSA) is 80.5 Å². The molecular formula is C17H24N2O4SSi. The van der Waals surface area contributed by atoms with Gasteiger partial charge in [0.05, 0.1) is 13.0 Å². The molecule has 1 saturated heterocycles. The highest BCUT2D eigenvalue weighted by atomic mass is 32.2. The Labute approximate surface area is 150 Å². The lowest BCUT2D eigenvalue weighted by atomic mass is 10.0. The van der Waals surface area contributed by atoms with Crippen molar-refractivity contribution in [3.8, 4) is 0 Å². The SMILES string of the molecule is C=C[C@@H]1C/C(=C/[Si](C)(C)C)CCN1S(=O)(=O)c1ccccc1[N+](=O)[O-]. The molecule has 0 aliphatic carbocycles. The molecule has 1 atom stereocenters. The standard InChI is InChI=1S/C17H24N2O4SSi/c1-5-15-12-14(13-25(2,3)4)10-11-18(15)24(22,23)17-9-7-6-8-16(17)19(20)21/h5-9,13,15H,1,10-12H2,2-4H3/b14-13+/t15-/m1/s1. The summed E-state index contributed by atoms with van der Waals surface area (Å²) in [4.78, 5) is 10.3. The molecule has 25 heavy (non-hydrogen) atoms. The van der Waals surface area contributed by atoms with Gasteiger partial charge in [-0.05, 0) is 18.9 Å². The van der Waals surface area contributed by atoms with Crippen molar-refractivity contribution in [1.82, 2.24) is 4.31 Å². The van der Waals surface area contributed by atoms with Crippen molar-refractivity contribution < 1.29 is 13.3 Å². The lowest BCUT2D eigenvalue weighted by Crippen LogP contribution is -2.43. The van der Waals surface area contributed by atoms with Gasteiger partial charge >= 0.3 is 0 Å². The fraction of sp³-hybridized carbons (Fsp3) is 0.412. The van der Waals surface area contributed by atoms with Gasteiger partial charge in [-0.2, -0.15) is 4.31 Å². The predicted octanol–water partition coefficient (Wildman–Crippen LogP) is 3.74. The van der Waals surface area contributed by atoms with E-state index in [1.54, 1.807) is 6.08 Å². The van der Waals surface area contributed by atoms with Crippen LogP contribution in [0.3, 0.4) is 0 Å². The van der Waals surface area contributed by atoms with Gasteiger partial charge in [0.2, 0.25) is 10.0 Å². The molecule has 1 aromatic rings. The molecule has 6 nitrogen and oxygen atoms in total. The normalized spacial score (nSPS) is 21.2. The van der Waals surface area contributed by atoms with Crippen molar-refractivity contribution >= 4 is 23.8 Å². The Hall–Kier alpha value is -1.77. The first kappa shape index (κ1) is 19.6. The van der Waals surface area contributed by atoms with Crippen LogP contribution in [0, 0.1) is 10.1 Å². The summed E-state index contributed by atoms with van der Waals surface area (Å²) in [6.45, 7) is 10.8. The molecule has 0 amide bonds. The molecule has 1 aliphatic rings. The lowest BCUT2D eigenvalue weighted by Gasteiger charge is -2.34. The minimum atomic E-state index is -3.96. The van der Waals surface area contributed by atoms with Crippen LogP contribution in [0.4, 0.5) is 5.69 Å². The summed E-state index contributed by atoms with van der Waals surface area (Å²) in [5.74, 6) is 0. The summed E-state index contributed by atoms with van der Waals surface area (Å²) in [7, 11) is -5.36. The zero-order valence-corrected chi connectivity index (χ0v) is 16.6. The maximum absolute atomic E-state index is 13.0. The van der Waals surface area contributed by atoms with Gasteiger partial charge in [0, 0.05) is 18.7 Å². The number of hydrogen-bond acceptors (Lipinski definition) is 4. The third kappa shape index (κ3) is 4.45. The van der Waals surface area contributed by atoms with E-state index in [1.807, 2.05) is 0 Å². The Kier molecular flexibility index (Phi) is 5.65. The molecule has 0 N–H and O–H groups in total. The molecule has 0 saturated carbocycles. The zero-order valence-electron chi connectivity index (χ0n) is 14.8. The van der Waals surface area contributed by atoms with E-state index in [2.05, 4.69) is 31.9 Å². The van der Waals surface area contributed by atoms with Crippen molar-refractivity contribution in [2.45, 2.75) is 43.4 Å². The van der Waals surface area contributed by atoms with E-state index in [-0.39, 0.29) is 10.9 Å². The zero-order chi connectivity index (χ0) is 18.8. The van der Waals surface area contributed by atoms with Crippen molar-refractivity contribution in [3.63, 3.8) is 0 Å². The molecule has 1 heterocycles. The molecule has 1 aromatic carbocycles. The van der Waals surface area contributed by atoms with E-state index in [4.69, 9.17) is 0 Å². The van der Waals surface area contributed by atoms with Gasteiger partial charge in [-0.1, -0.05) is 49.1 Å². The highest BCUT2D eigenvalue weighted by Gasteiger charge is 2.37. The molecule has 1 aliphatic heterocycles. The van der Waals surface area contributed by atoms with E-state index < -0.39 is 28.7 Å². The van der Waals surface area contributed by atoms with Crippen LogP contribution in [-0.2, 0) is 10.0 Å². The molecule has 2 rings (SSSR count). The third-order valence-corrected chi connectivity index (χ3v) is 7.30. The van der Waals surface area contributed by atoms with Crippen molar-refractivity contribution in [2.75, 3.05) is 6.54 Å². The Bertz CT molecular complexity index is 812. The second-order valence-corrected chi connectivity index (χ2v) is 14.1. The number of nitro benzene ring substituents is 1. The number of sulfonamides is 1. The molecule has 8 heteroatoms. The highest BCUT2D eigenvalue weighted by molar-refractivity contribution is 7.89. The van der Waals surface area contributed by atoms with E-state index in [0.29, 0.717) is 19.4 Å². The van der Waals surface area contributed by atoms with E-state index in [9.17, 15) is 18.5 Å². The van der Waals surface area contributed by atoms with E-state index in [1.165, 1.54) is 34.1 Å². The van der Waals surface area contributed by atoms with Crippen LogP contribution < -0.4 is 0 Å². The first-order valence-electron chi connectivity index (χ1n) is 8.14. The van der Waals surface area contributed by atoms with Crippen molar-refractivity contribution in [1.29, 1.82) is 0 Å². The summed E-state index contributed by atoms with van der Waals surface area (Å²) in [5.41, 5.74) is 3.16. The Balaban J connectivity index is 2.40. The number of para-hydroxylation sites is 1. The number of nitro groups is 1. The van der Waals surface area contributed by atoms with Gasteiger partial charge in [-0.25, -0.2) is 8.42 Å². The monoisotopic (exact) mass is 380 g/mol. The van der Waals surface area contributed by atoms with Gasteiger partial charge in [-0.15, -0.1) is 6.58 Å². The van der Waals surface area contributed by atoms with Gasteiger partial charge in [-0.3, -0.25) is 10.1 Å². The van der Waals surface area contributed by atoms with Crippen LogP contribution in [0.15, 0.2) is 53.1 Å². The second kappa shape index (κ2) is 7.23. The minimum Gasteiger partial charge on any atom is -0.258 e. The summed E-state index contributed by atoms with van der Waals surface area (Å²) in [5, 5.41) is 11.2. The summed E-state index contributed by atoms with van der Waals surface area (Å²) in [6.07, 6.45) is 2.85. The average molecular weight is 381 g/mol. The first-order chi connectivity index (χ1) is 11.6. The molecule has 0 bridgehead atoms. The van der Waals surface area contributed by atoms with Crippen LogP contribution in [0.25, 0.3) is 0 Å². The highest BCUT2D eigenvalue weighted by Crippen LogP contribution is 2.33. The van der Waals surface area contributed by atoms with Crippen LogP contribution in [-0.4, -0.2) is 38.3 Å². The van der Waals surface area contributed by atoms with E-state index in [0.717, 1.165) is 0 Å². The van der Waals surface area contributed by atoms with Crippen molar-refractivity contribution in [2.24, 2.45) is 0 Å². The summed E-state index contributed by atoms with van der Waals surface area (Å²) >= 11 is 0. The number of benzene rings is 1. The fourth-order valence-corrected chi connectivity index (χ4v) is 6.33. The smallest absolute Gasteiger partial charge is 0.258 e. The van der Waals surface area contributed by atoms with Gasteiger partial charge in [0.15, 0.2) is 4.90 Å². The molecule has 1 fully saturated rings. The van der Waals surface area contributed by atoms with Crippen molar-refractivity contribution in [3.05, 3.63) is 58.3 Å². The quantitative estimate of drug-likeness (QED) is 0.337. The van der Waals surface area contributed by atoms with Crippen LogP contribution in [0.2, 0.25) is 19.6 Å². The predicted molar refractivity (Wildman–Crippen MR) is 102 cm³/mol. The van der Waals surface area contributed by atoms with Gasteiger partial charge < -0.3 is 0 Å². The maximum Gasteiger partial charge on any atom is 0.289 e. The number of nitrogens with zero attached hydrogens (tertiary/aromatic N) is 2. The molecular weight excluding hydrogens is 356 g/mol. The Morgan fingerprint density at radius 1 is 1.32 bits per heavy atom. The number of hydrogen-bond donors (Lipinski definition) is 0. The molecule has 0 unspecified atom stereocenters. The Morgan fingerprint density at radius 3 is 2.52 bits per heavy atom. The number of piperidine rings is 1. The summed E-state index contributed by atoms with van der Waals surface area (Å²) < 4.78 is 27.4. The van der Waals surface area contributed by atoms with Crippen LogP contribution >= 0.6 is 0 Å². The number of rotatable bonds is 5. The molecule has 0 radical (unpaired) electrons. The average Bonchev–Trinajstić information content (AvgIpc) is 2.53. The minimum absolute atomic E-state index is 0.260. The maximum atomic E-state index is 13.0. The molecule has 136 valence electrons. The second-order valence-electron chi connectivity index (χ2n) is 7.27. The summed E-state index contributed by atoms with van der Waals surface area (Å²) in [6, 6.07) is 5.09. The van der Waals surface area contributed by atoms with Crippen LogP contribution in [0.1, 0.15) is 12.8 Å². The van der Waals surface area contributed by atoms with Gasteiger partial charge in [0.1, 0.15) is 0 Å².